The molecule has 0 aliphatic heterocycles. The molecule has 0 fully saturated rings. The zero-order chi connectivity index (χ0) is 20.2. The summed E-state index contributed by atoms with van der Waals surface area (Å²) in [7, 11) is 0. The lowest BCUT2D eigenvalue weighted by Crippen LogP contribution is -2.13. The van der Waals surface area contributed by atoms with Crippen molar-refractivity contribution in [2.75, 3.05) is 6.61 Å². The highest BCUT2D eigenvalue weighted by molar-refractivity contribution is 6.30. The number of para-hydroxylation sites is 2. The lowest BCUT2D eigenvalue weighted by molar-refractivity contribution is 0.272. The Labute approximate surface area is 175 Å². The normalized spacial score (nSPS) is 11.0. The summed E-state index contributed by atoms with van der Waals surface area (Å²) < 4.78 is 14.1. The van der Waals surface area contributed by atoms with Gasteiger partial charge in [0, 0.05) is 5.02 Å². The minimum atomic E-state index is 0.375. The maximum Gasteiger partial charge on any atom is 0.148 e. The van der Waals surface area contributed by atoms with Gasteiger partial charge in [-0.05, 0) is 73.5 Å². The Balaban J connectivity index is 1.49. The lowest BCUT2D eigenvalue weighted by Gasteiger charge is -2.12. The first-order valence-corrected chi connectivity index (χ1v) is 10.0. The Morgan fingerprint density at radius 1 is 0.862 bits per heavy atom. The van der Waals surface area contributed by atoms with Crippen molar-refractivity contribution in [2.45, 2.75) is 27.0 Å². The topological polar surface area (TPSA) is 36.3 Å². The molecular weight excluding hydrogens is 384 g/mol. The molecule has 0 saturated heterocycles. The highest BCUT2D eigenvalue weighted by Gasteiger charge is 2.11. The largest absolute Gasteiger partial charge is 0.492 e. The summed E-state index contributed by atoms with van der Waals surface area (Å²) in [6, 6.07) is 21.6. The average Bonchev–Trinajstić information content (AvgIpc) is 3.08. The van der Waals surface area contributed by atoms with Crippen LogP contribution in [0.2, 0.25) is 5.02 Å². The van der Waals surface area contributed by atoms with Gasteiger partial charge in [0.2, 0.25) is 0 Å². The fourth-order valence-electron chi connectivity index (χ4n) is 3.22. The SMILES string of the molecule is Cc1ccc(OCCn2c(COc3ccc(Cl)cc3)nc3ccccc32)cc1C. The molecule has 0 spiro atoms. The molecule has 0 bridgehead atoms. The molecule has 0 aliphatic carbocycles. The molecule has 4 rings (SSSR count). The van der Waals surface area contributed by atoms with E-state index in [1.807, 2.05) is 48.5 Å². The second kappa shape index (κ2) is 8.58. The molecule has 0 unspecified atom stereocenters. The second-order valence-electron chi connectivity index (χ2n) is 7.01. The minimum Gasteiger partial charge on any atom is -0.492 e. The molecule has 0 N–H and O–H groups in total. The number of aromatic nitrogens is 2. The Bertz CT molecular complexity index is 1120. The van der Waals surface area contributed by atoms with Gasteiger partial charge in [0.15, 0.2) is 0 Å². The number of ether oxygens (including phenoxy) is 2. The van der Waals surface area contributed by atoms with Crippen molar-refractivity contribution in [3.05, 3.63) is 88.7 Å². The third-order valence-electron chi connectivity index (χ3n) is 4.98. The number of fused-ring (bicyclic) bond motifs is 1. The molecule has 4 aromatic rings. The van der Waals surface area contributed by atoms with Crippen molar-refractivity contribution in [3.63, 3.8) is 0 Å². The first-order valence-electron chi connectivity index (χ1n) is 9.63. The standard InChI is InChI=1S/C24H23ClN2O2/c1-17-7-10-21(15-18(17)2)28-14-13-27-23-6-4-3-5-22(23)26-24(27)16-29-20-11-8-19(25)9-12-20/h3-12,15H,13-14,16H2,1-2H3. The molecule has 0 radical (unpaired) electrons. The second-order valence-corrected chi connectivity index (χ2v) is 7.44. The van der Waals surface area contributed by atoms with Gasteiger partial charge in [0.1, 0.15) is 30.5 Å². The average molecular weight is 407 g/mol. The number of aryl methyl sites for hydroxylation is 2. The van der Waals surface area contributed by atoms with Crippen molar-refractivity contribution in [1.29, 1.82) is 0 Å². The number of benzene rings is 3. The molecule has 0 aliphatic rings. The van der Waals surface area contributed by atoms with Crippen LogP contribution in [0.15, 0.2) is 66.7 Å². The summed E-state index contributed by atoms with van der Waals surface area (Å²) in [6.07, 6.45) is 0. The van der Waals surface area contributed by atoms with Crippen molar-refractivity contribution in [1.82, 2.24) is 9.55 Å². The molecule has 3 aromatic carbocycles. The highest BCUT2D eigenvalue weighted by Crippen LogP contribution is 2.21. The van der Waals surface area contributed by atoms with Gasteiger partial charge < -0.3 is 14.0 Å². The predicted octanol–water partition coefficient (Wildman–Crippen LogP) is 5.96. The lowest BCUT2D eigenvalue weighted by atomic mass is 10.1. The maximum absolute atomic E-state index is 5.99. The molecule has 1 heterocycles. The molecule has 1 aromatic heterocycles. The summed E-state index contributed by atoms with van der Waals surface area (Å²) in [5, 5.41) is 0.688. The van der Waals surface area contributed by atoms with E-state index in [4.69, 9.17) is 26.1 Å². The molecular formula is C24H23ClN2O2. The van der Waals surface area contributed by atoms with E-state index in [1.54, 1.807) is 0 Å². The van der Waals surface area contributed by atoms with Crippen LogP contribution in [0, 0.1) is 13.8 Å². The Morgan fingerprint density at radius 3 is 2.41 bits per heavy atom. The zero-order valence-corrected chi connectivity index (χ0v) is 17.3. The summed E-state index contributed by atoms with van der Waals surface area (Å²) in [6.45, 7) is 5.81. The predicted molar refractivity (Wildman–Crippen MR) is 117 cm³/mol. The number of halogens is 1. The Hall–Kier alpha value is -2.98. The van der Waals surface area contributed by atoms with Crippen LogP contribution in [0.5, 0.6) is 11.5 Å². The number of rotatable bonds is 7. The van der Waals surface area contributed by atoms with E-state index in [1.165, 1.54) is 11.1 Å². The van der Waals surface area contributed by atoms with Crippen LogP contribution in [-0.4, -0.2) is 16.2 Å². The monoisotopic (exact) mass is 406 g/mol. The van der Waals surface area contributed by atoms with Gasteiger partial charge in [-0.1, -0.05) is 29.8 Å². The Kier molecular flexibility index (Phi) is 5.72. The highest BCUT2D eigenvalue weighted by atomic mass is 35.5. The van der Waals surface area contributed by atoms with Crippen LogP contribution < -0.4 is 9.47 Å². The van der Waals surface area contributed by atoms with E-state index in [2.05, 4.69) is 36.6 Å². The van der Waals surface area contributed by atoms with Gasteiger partial charge in [-0.2, -0.15) is 0 Å². The third kappa shape index (κ3) is 4.54. The zero-order valence-electron chi connectivity index (χ0n) is 16.6. The smallest absolute Gasteiger partial charge is 0.148 e. The van der Waals surface area contributed by atoms with Crippen molar-refractivity contribution in [3.8, 4) is 11.5 Å². The fourth-order valence-corrected chi connectivity index (χ4v) is 3.35. The quantitative estimate of drug-likeness (QED) is 0.379. The van der Waals surface area contributed by atoms with Crippen LogP contribution in [-0.2, 0) is 13.2 Å². The van der Waals surface area contributed by atoms with E-state index < -0.39 is 0 Å². The fraction of sp³-hybridized carbons (Fsp3) is 0.208. The molecule has 4 nitrogen and oxygen atoms in total. The van der Waals surface area contributed by atoms with Crippen LogP contribution in [0.1, 0.15) is 17.0 Å². The van der Waals surface area contributed by atoms with E-state index >= 15 is 0 Å². The van der Waals surface area contributed by atoms with E-state index in [0.29, 0.717) is 24.8 Å². The molecule has 0 atom stereocenters. The van der Waals surface area contributed by atoms with E-state index in [0.717, 1.165) is 28.4 Å². The number of hydrogen-bond donors (Lipinski definition) is 0. The van der Waals surface area contributed by atoms with Gasteiger partial charge >= 0.3 is 0 Å². The summed E-state index contributed by atoms with van der Waals surface area (Å²) in [4.78, 5) is 4.75. The van der Waals surface area contributed by atoms with Crippen LogP contribution >= 0.6 is 11.6 Å². The van der Waals surface area contributed by atoms with Crippen molar-refractivity contribution < 1.29 is 9.47 Å². The summed E-state index contributed by atoms with van der Waals surface area (Å²) >= 11 is 5.95. The molecule has 5 heteroatoms. The molecule has 148 valence electrons. The minimum absolute atomic E-state index is 0.375. The van der Waals surface area contributed by atoms with E-state index in [-0.39, 0.29) is 0 Å². The molecule has 29 heavy (non-hydrogen) atoms. The van der Waals surface area contributed by atoms with Gasteiger partial charge in [0.05, 0.1) is 17.6 Å². The summed E-state index contributed by atoms with van der Waals surface area (Å²) in [5.41, 5.74) is 4.52. The first kappa shape index (κ1) is 19.3. The van der Waals surface area contributed by atoms with Crippen molar-refractivity contribution in [2.24, 2.45) is 0 Å². The third-order valence-corrected chi connectivity index (χ3v) is 5.23. The summed E-state index contributed by atoms with van der Waals surface area (Å²) in [5.74, 6) is 2.51. The van der Waals surface area contributed by atoms with Crippen molar-refractivity contribution >= 4 is 22.6 Å². The van der Waals surface area contributed by atoms with Gasteiger partial charge in [-0.15, -0.1) is 0 Å². The van der Waals surface area contributed by atoms with Gasteiger partial charge in [0.25, 0.3) is 0 Å². The molecule has 0 amide bonds. The van der Waals surface area contributed by atoms with Gasteiger partial charge in [-0.3, -0.25) is 0 Å². The van der Waals surface area contributed by atoms with Crippen LogP contribution in [0.25, 0.3) is 11.0 Å². The van der Waals surface area contributed by atoms with Crippen LogP contribution in [0.4, 0.5) is 0 Å². The molecule has 0 saturated carbocycles. The first-order chi connectivity index (χ1) is 14.1. The number of imidazole rings is 1. The number of nitrogens with zero attached hydrogens (tertiary/aromatic N) is 2. The van der Waals surface area contributed by atoms with Gasteiger partial charge in [-0.25, -0.2) is 4.98 Å². The van der Waals surface area contributed by atoms with E-state index in [9.17, 15) is 0 Å². The van der Waals surface area contributed by atoms with Crippen LogP contribution in [0.3, 0.4) is 0 Å². The maximum atomic E-state index is 5.99. The Morgan fingerprint density at radius 2 is 1.62 bits per heavy atom. The number of hydrogen-bond acceptors (Lipinski definition) is 3.